The molecule has 0 radical (unpaired) electrons. The summed E-state index contributed by atoms with van der Waals surface area (Å²) in [7, 11) is 3.56. The van der Waals surface area contributed by atoms with Crippen LogP contribution in [-0.2, 0) is 4.74 Å². The van der Waals surface area contributed by atoms with Crippen LogP contribution >= 0.6 is 0 Å². The van der Waals surface area contributed by atoms with Crippen LogP contribution in [0.1, 0.15) is 51.4 Å². The molecule has 2 saturated carbocycles. The number of ether oxygens (including phenoxy) is 1. The van der Waals surface area contributed by atoms with Crippen molar-refractivity contribution < 1.29 is 14.6 Å². The second-order valence-corrected chi connectivity index (χ2v) is 7.25. The average Bonchev–Trinajstić information content (AvgIpc) is 2.48. The van der Waals surface area contributed by atoms with E-state index in [9.17, 15) is 9.90 Å². The van der Waals surface area contributed by atoms with Gasteiger partial charge in [-0.05, 0) is 37.5 Å². The fourth-order valence-electron chi connectivity index (χ4n) is 3.74. The normalized spacial score (nSPS) is 27.0. The van der Waals surface area contributed by atoms with Gasteiger partial charge in [-0.1, -0.05) is 19.3 Å². The van der Waals surface area contributed by atoms with E-state index in [1.807, 2.05) is 7.05 Å². The standard InChI is InChI=1S/C17H32N2O3/c1-19(12-14-6-3-4-7-15(14)20)16(21)18-13-17(8-5-9-17)10-11-22-2/h14-15,20H,3-13H2,1-2H3,(H,18,21). The number of carbonyl (C=O) groups excluding carboxylic acids is 1. The van der Waals surface area contributed by atoms with E-state index in [0.717, 1.165) is 45.3 Å². The summed E-state index contributed by atoms with van der Waals surface area (Å²) < 4.78 is 5.19. The molecule has 0 aliphatic heterocycles. The van der Waals surface area contributed by atoms with Crippen molar-refractivity contribution in [1.29, 1.82) is 0 Å². The fraction of sp³-hybridized carbons (Fsp3) is 0.941. The van der Waals surface area contributed by atoms with Gasteiger partial charge in [0.1, 0.15) is 0 Å². The second kappa shape index (κ2) is 8.16. The first-order valence-corrected chi connectivity index (χ1v) is 8.72. The number of hydrogen-bond acceptors (Lipinski definition) is 3. The van der Waals surface area contributed by atoms with Crippen LogP contribution in [0, 0.1) is 11.3 Å². The largest absolute Gasteiger partial charge is 0.393 e. The Morgan fingerprint density at radius 2 is 2.05 bits per heavy atom. The summed E-state index contributed by atoms with van der Waals surface area (Å²) in [4.78, 5) is 14.0. The predicted octanol–water partition coefficient (Wildman–Crippen LogP) is 2.39. The van der Waals surface area contributed by atoms with Crippen molar-refractivity contribution in [1.82, 2.24) is 10.2 Å². The minimum atomic E-state index is -0.247. The van der Waals surface area contributed by atoms with E-state index in [0.29, 0.717) is 6.54 Å². The van der Waals surface area contributed by atoms with Crippen molar-refractivity contribution >= 4 is 6.03 Å². The summed E-state index contributed by atoms with van der Waals surface area (Å²) in [5.74, 6) is 0.232. The Labute approximate surface area is 134 Å². The van der Waals surface area contributed by atoms with Gasteiger partial charge in [-0.25, -0.2) is 4.79 Å². The van der Waals surface area contributed by atoms with E-state index < -0.39 is 0 Å². The van der Waals surface area contributed by atoms with Crippen LogP contribution < -0.4 is 5.32 Å². The second-order valence-electron chi connectivity index (χ2n) is 7.25. The number of urea groups is 1. The van der Waals surface area contributed by atoms with E-state index in [1.165, 1.54) is 19.3 Å². The summed E-state index contributed by atoms with van der Waals surface area (Å²) in [6.07, 6.45) is 8.56. The van der Waals surface area contributed by atoms with E-state index in [1.54, 1.807) is 12.0 Å². The zero-order valence-electron chi connectivity index (χ0n) is 14.1. The third kappa shape index (κ3) is 4.59. The molecule has 2 rings (SSSR count). The van der Waals surface area contributed by atoms with Gasteiger partial charge in [0.15, 0.2) is 0 Å². The summed E-state index contributed by atoms with van der Waals surface area (Å²) in [6, 6.07) is -0.0125. The number of amides is 2. The summed E-state index contributed by atoms with van der Waals surface area (Å²) in [5, 5.41) is 13.1. The molecule has 2 aliphatic carbocycles. The molecular weight excluding hydrogens is 280 g/mol. The Kier molecular flexibility index (Phi) is 6.50. The smallest absolute Gasteiger partial charge is 0.317 e. The lowest BCUT2D eigenvalue weighted by Gasteiger charge is -2.42. The zero-order chi connectivity index (χ0) is 16.0. The SMILES string of the molecule is COCCC1(CNC(=O)N(C)CC2CCCCC2O)CCC1. The number of nitrogens with zero attached hydrogens (tertiary/aromatic N) is 1. The molecule has 128 valence electrons. The van der Waals surface area contributed by atoms with Gasteiger partial charge in [0.05, 0.1) is 6.10 Å². The quantitative estimate of drug-likeness (QED) is 0.759. The minimum Gasteiger partial charge on any atom is -0.393 e. The first-order chi connectivity index (χ1) is 10.6. The molecule has 0 aromatic rings. The number of rotatable bonds is 7. The molecule has 2 N–H and O–H groups in total. The van der Waals surface area contributed by atoms with E-state index in [4.69, 9.17) is 4.74 Å². The van der Waals surface area contributed by atoms with Crippen molar-refractivity contribution in [3.05, 3.63) is 0 Å². The highest BCUT2D eigenvalue weighted by Gasteiger charge is 2.37. The van der Waals surface area contributed by atoms with Crippen LogP contribution in [0.3, 0.4) is 0 Å². The third-order valence-electron chi connectivity index (χ3n) is 5.59. The fourth-order valence-corrected chi connectivity index (χ4v) is 3.74. The molecule has 2 unspecified atom stereocenters. The van der Waals surface area contributed by atoms with Crippen LogP contribution in [-0.4, -0.2) is 56.0 Å². The lowest BCUT2D eigenvalue weighted by atomic mass is 9.67. The van der Waals surface area contributed by atoms with E-state index in [-0.39, 0.29) is 23.5 Å². The van der Waals surface area contributed by atoms with Crippen molar-refractivity contribution in [3.63, 3.8) is 0 Å². The van der Waals surface area contributed by atoms with Gasteiger partial charge in [-0.3, -0.25) is 0 Å². The lowest BCUT2D eigenvalue weighted by Crippen LogP contribution is -2.48. The van der Waals surface area contributed by atoms with Crippen LogP contribution in [0.15, 0.2) is 0 Å². The molecule has 0 spiro atoms. The zero-order valence-corrected chi connectivity index (χ0v) is 14.1. The van der Waals surface area contributed by atoms with Gasteiger partial charge < -0.3 is 20.1 Å². The van der Waals surface area contributed by atoms with Gasteiger partial charge in [-0.2, -0.15) is 0 Å². The topological polar surface area (TPSA) is 61.8 Å². The first-order valence-electron chi connectivity index (χ1n) is 8.72. The monoisotopic (exact) mass is 312 g/mol. The van der Waals surface area contributed by atoms with Gasteiger partial charge in [-0.15, -0.1) is 0 Å². The van der Waals surface area contributed by atoms with Gasteiger partial charge in [0.2, 0.25) is 0 Å². The molecule has 0 bridgehead atoms. The highest BCUT2D eigenvalue weighted by molar-refractivity contribution is 5.73. The molecule has 2 fully saturated rings. The van der Waals surface area contributed by atoms with Crippen LogP contribution in [0.2, 0.25) is 0 Å². The van der Waals surface area contributed by atoms with Gasteiger partial charge in [0, 0.05) is 39.8 Å². The van der Waals surface area contributed by atoms with E-state index >= 15 is 0 Å². The molecule has 5 heteroatoms. The molecule has 2 atom stereocenters. The Bertz CT molecular complexity index is 358. The maximum Gasteiger partial charge on any atom is 0.317 e. The number of aliphatic hydroxyl groups is 1. The van der Waals surface area contributed by atoms with Crippen LogP contribution in [0.25, 0.3) is 0 Å². The number of methoxy groups -OCH3 is 1. The third-order valence-corrected chi connectivity index (χ3v) is 5.59. The maximum atomic E-state index is 12.3. The Morgan fingerprint density at radius 1 is 1.32 bits per heavy atom. The summed E-state index contributed by atoms with van der Waals surface area (Å²) >= 11 is 0. The summed E-state index contributed by atoms with van der Waals surface area (Å²) in [5.41, 5.74) is 0.247. The first kappa shape index (κ1) is 17.5. The van der Waals surface area contributed by atoms with Gasteiger partial charge >= 0.3 is 6.03 Å². The molecule has 0 aromatic heterocycles. The lowest BCUT2D eigenvalue weighted by molar-refractivity contribution is 0.0533. The van der Waals surface area contributed by atoms with Crippen molar-refractivity contribution in [2.24, 2.45) is 11.3 Å². The molecule has 0 aromatic carbocycles. The van der Waals surface area contributed by atoms with Crippen molar-refractivity contribution in [2.75, 3.05) is 33.9 Å². The Morgan fingerprint density at radius 3 is 2.64 bits per heavy atom. The maximum absolute atomic E-state index is 12.3. The molecule has 0 heterocycles. The average molecular weight is 312 g/mol. The molecule has 2 amide bonds. The highest BCUT2D eigenvalue weighted by atomic mass is 16.5. The number of carbonyl (C=O) groups is 1. The van der Waals surface area contributed by atoms with Crippen LogP contribution in [0.4, 0.5) is 4.79 Å². The number of aliphatic hydroxyl groups excluding tert-OH is 1. The Balaban J connectivity index is 1.73. The van der Waals surface area contributed by atoms with Crippen molar-refractivity contribution in [2.45, 2.75) is 57.5 Å². The molecular formula is C17H32N2O3. The van der Waals surface area contributed by atoms with Crippen LogP contribution in [0.5, 0.6) is 0 Å². The minimum absolute atomic E-state index is 0.0125. The van der Waals surface area contributed by atoms with Crippen molar-refractivity contribution in [3.8, 4) is 0 Å². The highest BCUT2D eigenvalue weighted by Crippen LogP contribution is 2.43. The molecule has 22 heavy (non-hydrogen) atoms. The molecule has 5 nitrogen and oxygen atoms in total. The molecule has 0 saturated heterocycles. The molecule has 2 aliphatic rings. The summed E-state index contributed by atoms with van der Waals surface area (Å²) in [6.45, 7) is 2.16. The predicted molar refractivity (Wildman–Crippen MR) is 86.8 cm³/mol. The number of nitrogens with one attached hydrogen (secondary N) is 1. The Hall–Kier alpha value is -0.810. The number of hydrogen-bond donors (Lipinski definition) is 2. The van der Waals surface area contributed by atoms with E-state index in [2.05, 4.69) is 5.32 Å². The van der Waals surface area contributed by atoms with Gasteiger partial charge in [0.25, 0.3) is 0 Å².